The maximum Gasteiger partial charge on any atom is 0.245 e. The molecule has 0 radical (unpaired) electrons. The summed E-state index contributed by atoms with van der Waals surface area (Å²) >= 11 is 0. The lowest BCUT2D eigenvalue weighted by Crippen LogP contribution is -2.61. The van der Waals surface area contributed by atoms with Crippen LogP contribution in [-0.2, 0) is 9.53 Å². The van der Waals surface area contributed by atoms with Crippen LogP contribution in [0.3, 0.4) is 0 Å². The van der Waals surface area contributed by atoms with Gasteiger partial charge in [0.15, 0.2) is 5.79 Å². The third-order valence-electron chi connectivity index (χ3n) is 3.28. The monoisotopic (exact) mass is 278 g/mol. The predicted molar refractivity (Wildman–Crippen MR) is 61.3 cm³/mol. The molecule has 4 N–H and O–H groups in total. The standard InChI is InChI=1S/C10H18N2O7/c1-10(17)5(3-7(14)12(2)11-18)8(15)9(16)6(4-13)19-10/h5-6,8-9,13,15-17H,3-4H2,1-2H3/t5?,6?,8-,9+,10+/m1/s1. The minimum atomic E-state index is -1.93. The number of carbonyl (C=O) groups is 1. The Balaban J connectivity index is 2.86. The van der Waals surface area contributed by atoms with Gasteiger partial charge in [-0.1, -0.05) is 0 Å². The van der Waals surface area contributed by atoms with Crippen molar-refractivity contribution < 1.29 is 30.0 Å². The molecule has 9 heteroatoms. The Morgan fingerprint density at radius 1 is 1.42 bits per heavy atom. The lowest BCUT2D eigenvalue weighted by Gasteiger charge is -2.46. The van der Waals surface area contributed by atoms with Crippen LogP contribution in [0.5, 0.6) is 0 Å². The first kappa shape index (κ1) is 15.9. The molecule has 0 bridgehead atoms. The molecule has 0 aliphatic carbocycles. The minimum absolute atomic E-state index is 0.439. The highest BCUT2D eigenvalue weighted by atomic mass is 16.6. The minimum Gasteiger partial charge on any atom is -0.394 e. The van der Waals surface area contributed by atoms with E-state index in [9.17, 15) is 25.0 Å². The van der Waals surface area contributed by atoms with Gasteiger partial charge in [-0.05, 0) is 6.92 Å². The fourth-order valence-corrected chi connectivity index (χ4v) is 2.06. The van der Waals surface area contributed by atoms with E-state index in [1.54, 1.807) is 0 Å². The molecule has 0 saturated carbocycles. The van der Waals surface area contributed by atoms with E-state index in [1.165, 1.54) is 6.92 Å². The van der Waals surface area contributed by atoms with Gasteiger partial charge in [0.05, 0.1) is 18.0 Å². The van der Waals surface area contributed by atoms with Gasteiger partial charge >= 0.3 is 0 Å². The smallest absolute Gasteiger partial charge is 0.245 e. The van der Waals surface area contributed by atoms with Crippen LogP contribution in [0.1, 0.15) is 13.3 Å². The number of nitrogens with zero attached hydrogens (tertiary/aromatic N) is 2. The lowest BCUT2D eigenvalue weighted by atomic mass is 9.82. The van der Waals surface area contributed by atoms with Gasteiger partial charge in [-0.2, -0.15) is 5.01 Å². The summed E-state index contributed by atoms with van der Waals surface area (Å²) in [5.41, 5.74) is 0. The van der Waals surface area contributed by atoms with E-state index in [0.29, 0.717) is 5.01 Å². The third-order valence-corrected chi connectivity index (χ3v) is 3.28. The Morgan fingerprint density at radius 3 is 2.47 bits per heavy atom. The first-order chi connectivity index (χ1) is 8.74. The van der Waals surface area contributed by atoms with Crippen molar-refractivity contribution >= 4 is 5.91 Å². The summed E-state index contributed by atoms with van der Waals surface area (Å²) in [6.45, 7) is 0.613. The summed E-state index contributed by atoms with van der Waals surface area (Å²) in [6, 6.07) is 0. The molecule has 0 aromatic carbocycles. The Labute approximate surface area is 109 Å². The summed E-state index contributed by atoms with van der Waals surface area (Å²) in [4.78, 5) is 21.8. The molecular formula is C10H18N2O7. The molecule has 1 amide bonds. The highest BCUT2D eigenvalue weighted by Crippen LogP contribution is 2.35. The molecule has 0 aromatic rings. The van der Waals surface area contributed by atoms with Gasteiger partial charge in [0.2, 0.25) is 5.91 Å². The molecule has 1 saturated heterocycles. The van der Waals surface area contributed by atoms with E-state index in [2.05, 4.69) is 5.29 Å². The topological polar surface area (TPSA) is 140 Å². The van der Waals surface area contributed by atoms with E-state index in [0.717, 1.165) is 7.05 Å². The van der Waals surface area contributed by atoms with Crippen molar-refractivity contribution in [3.05, 3.63) is 4.91 Å². The van der Waals surface area contributed by atoms with Gasteiger partial charge in [0.1, 0.15) is 12.2 Å². The first-order valence-electron chi connectivity index (χ1n) is 5.71. The average molecular weight is 278 g/mol. The maximum atomic E-state index is 11.6. The fraction of sp³-hybridized carbons (Fsp3) is 0.900. The number of carbonyl (C=O) groups excluding carboxylic acids is 1. The van der Waals surface area contributed by atoms with Crippen molar-refractivity contribution in [2.75, 3.05) is 13.7 Å². The van der Waals surface area contributed by atoms with E-state index in [1.807, 2.05) is 0 Å². The molecule has 0 aromatic heterocycles. The highest BCUT2D eigenvalue weighted by Gasteiger charge is 2.51. The van der Waals surface area contributed by atoms with Crippen LogP contribution in [0.2, 0.25) is 0 Å². The number of rotatable bonds is 4. The zero-order valence-electron chi connectivity index (χ0n) is 10.6. The second-order valence-corrected chi connectivity index (χ2v) is 4.68. The maximum absolute atomic E-state index is 11.6. The van der Waals surface area contributed by atoms with Gasteiger partial charge in [-0.25, -0.2) is 0 Å². The van der Waals surface area contributed by atoms with Crippen molar-refractivity contribution in [2.24, 2.45) is 11.2 Å². The zero-order chi connectivity index (χ0) is 14.8. The van der Waals surface area contributed by atoms with Crippen LogP contribution < -0.4 is 0 Å². The normalized spacial score (nSPS) is 38.8. The zero-order valence-corrected chi connectivity index (χ0v) is 10.6. The molecule has 5 atom stereocenters. The third kappa shape index (κ3) is 3.25. The Morgan fingerprint density at radius 2 is 2.00 bits per heavy atom. The van der Waals surface area contributed by atoms with Crippen LogP contribution in [0.15, 0.2) is 5.29 Å². The molecule has 1 rings (SSSR count). The summed E-state index contributed by atoms with van der Waals surface area (Å²) in [5.74, 6) is -3.81. The number of ether oxygens (including phenoxy) is 1. The van der Waals surface area contributed by atoms with Gasteiger partial charge in [-0.15, -0.1) is 4.91 Å². The summed E-state index contributed by atoms with van der Waals surface area (Å²) in [6.07, 6.45) is -4.52. The molecule has 1 aliphatic rings. The Bertz CT molecular complexity index is 349. The van der Waals surface area contributed by atoms with Crippen molar-refractivity contribution in [2.45, 2.75) is 37.4 Å². The van der Waals surface area contributed by atoms with E-state index in [4.69, 9.17) is 9.84 Å². The summed E-state index contributed by atoms with van der Waals surface area (Å²) in [5, 5.41) is 41.5. The summed E-state index contributed by atoms with van der Waals surface area (Å²) in [7, 11) is 1.13. The summed E-state index contributed by atoms with van der Waals surface area (Å²) < 4.78 is 5.05. The largest absolute Gasteiger partial charge is 0.394 e. The van der Waals surface area contributed by atoms with E-state index < -0.39 is 49.0 Å². The van der Waals surface area contributed by atoms with Crippen LogP contribution in [0, 0.1) is 10.8 Å². The average Bonchev–Trinajstić information content (AvgIpc) is 2.37. The van der Waals surface area contributed by atoms with E-state index >= 15 is 0 Å². The van der Waals surface area contributed by atoms with Gasteiger partial charge in [0.25, 0.3) is 0 Å². The van der Waals surface area contributed by atoms with Crippen molar-refractivity contribution in [1.82, 2.24) is 5.01 Å². The van der Waals surface area contributed by atoms with Gasteiger partial charge in [-0.3, -0.25) is 4.79 Å². The number of aliphatic hydroxyl groups is 4. The number of hydrogen-bond donors (Lipinski definition) is 4. The van der Waals surface area contributed by atoms with E-state index in [-0.39, 0.29) is 0 Å². The quantitative estimate of drug-likeness (QED) is 0.343. The van der Waals surface area contributed by atoms with Crippen molar-refractivity contribution in [1.29, 1.82) is 0 Å². The molecule has 1 heterocycles. The fourth-order valence-electron chi connectivity index (χ4n) is 2.06. The van der Waals surface area contributed by atoms with Gasteiger partial charge in [0, 0.05) is 19.4 Å². The number of nitroso groups, excluding NO2 is 1. The van der Waals surface area contributed by atoms with Crippen LogP contribution in [0.4, 0.5) is 0 Å². The predicted octanol–water partition coefficient (Wildman–Crippen LogP) is -2.05. The molecular weight excluding hydrogens is 260 g/mol. The molecule has 9 nitrogen and oxygen atoms in total. The second-order valence-electron chi connectivity index (χ2n) is 4.68. The number of aliphatic hydroxyl groups excluding tert-OH is 3. The Kier molecular flexibility index (Phi) is 4.93. The molecule has 1 fully saturated rings. The van der Waals surface area contributed by atoms with Gasteiger partial charge < -0.3 is 25.2 Å². The second kappa shape index (κ2) is 5.88. The van der Waals surface area contributed by atoms with Crippen molar-refractivity contribution in [3.63, 3.8) is 0 Å². The molecule has 0 spiro atoms. The first-order valence-corrected chi connectivity index (χ1v) is 5.71. The van der Waals surface area contributed by atoms with Crippen LogP contribution in [-0.4, -0.2) is 69.1 Å². The van der Waals surface area contributed by atoms with Crippen LogP contribution >= 0.6 is 0 Å². The van der Waals surface area contributed by atoms with Crippen molar-refractivity contribution in [3.8, 4) is 0 Å². The van der Waals surface area contributed by atoms with Crippen LogP contribution in [0.25, 0.3) is 0 Å². The number of amides is 1. The highest BCUT2D eigenvalue weighted by molar-refractivity contribution is 5.75. The SMILES string of the molecule is CN(N=O)C(=O)CC1[C@@H](O)[C@@H](O)C(CO)O[C@]1(C)O. The molecule has 110 valence electrons. The molecule has 1 aliphatic heterocycles. The lowest BCUT2D eigenvalue weighted by molar-refractivity contribution is -0.327. The molecule has 19 heavy (non-hydrogen) atoms. The Hall–Kier alpha value is -1.13. The number of hydrogen-bond acceptors (Lipinski definition) is 8. The molecule has 2 unspecified atom stereocenters.